The number of carbonyl (C=O) groups excluding carboxylic acids is 2. The third-order valence-electron chi connectivity index (χ3n) is 4.70. The van der Waals surface area contributed by atoms with E-state index in [0.29, 0.717) is 17.0 Å². The molecule has 1 atom stereocenters. The lowest BCUT2D eigenvalue weighted by atomic mass is 10.0. The molecular weight excluding hydrogens is 401 g/mol. The van der Waals surface area contributed by atoms with Crippen molar-refractivity contribution in [1.29, 1.82) is 0 Å². The second-order valence-electron chi connectivity index (χ2n) is 6.93. The van der Waals surface area contributed by atoms with E-state index < -0.39 is 23.9 Å². The predicted molar refractivity (Wildman–Crippen MR) is 103 cm³/mol. The number of ether oxygens (including phenoxy) is 2. The van der Waals surface area contributed by atoms with Crippen molar-refractivity contribution in [3.05, 3.63) is 59.2 Å². The Bertz CT molecular complexity index is 929. The quantitative estimate of drug-likeness (QED) is 0.763. The second kappa shape index (κ2) is 8.64. The van der Waals surface area contributed by atoms with Crippen LogP contribution in [0, 0.1) is 6.92 Å². The summed E-state index contributed by atoms with van der Waals surface area (Å²) < 4.78 is 50.4. The lowest BCUT2D eigenvalue weighted by molar-refractivity contribution is -0.138. The number of benzene rings is 2. The summed E-state index contributed by atoms with van der Waals surface area (Å²) in [4.78, 5) is 24.5. The minimum absolute atomic E-state index is 0.0815. The third-order valence-corrected chi connectivity index (χ3v) is 4.70. The summed E-state index contributed by atoms with van der Waals surface area (Å²) in [7, 11) is 0. The van der Waals surface area contributed by atoms with Crippen molar-refractivity contribution in [1.82, 2.24) is 5.32 Å². The van der Waals surface area contributed by atoms with E-state index in [0.717, 1.165) is 6.07 Å². The molecule has 30 heavy (non-hydrogen) atoms. The number of halogens is 3. The van der Waals surface area contributed by atoms with Crippen LogP contribution in [0.15, 0.2) is 42.5 Å². The number of carbonyl (C=O) groups is 2. The van der Waals surface area contributed by atoms with Gasteiger partial charge in [-0.05, 0) is 42.8 Å². The van der Waals surface area contributed by atoms with Crippen molar-refractivity contribution >= 4 is 17.7 Å². The Labute approximate surface area is 171 Å². The van der Waals surface area contributed by atoms with E-state index in [2.05, 4.69) is 5.32 Å². The summed E-state index contributed by atoms with van der Waals surface area (Å²) in [5, 5.41) is 2.60. The molecule has 1 aliphatic rings. The van der Waals surface area contributed by atoms with Crippen molar-refractivity contribution in [3.63, 3.8) is 0 Å². The molecule has 3 rings (SSSR count). The van der Waals surface area contributed by atoms with Crippen LogP contribution in [0.1, 0.15) is 23.6 Å². The van der Waals surface area contributed by atoms with Gasteiger partial charge in [0.25, 0.3) is 0 Å². The molecule has 160 valence electrons. The minimum atomic E-state index is -4.46. The summed E-state index contributed by atoms with van der Waals surface area (Å²) in [6, 6.07) is 10.4. The molecular formula is C21H21F3N2O4. The normalized spacial score (nSPS) is 16.4. The van der Waals surface area contributed by atoms with Gasteiger partial charge >= 0.3 is 12.3 Å². The number of hydrogen-bond donors (Lipinski definition) is 1. The van der Waals surface area contributed by atoms with Gasteiger partial charge in [0, 0.05) is 18.2 Å². The zero-order valence-corrected chi connectivity index (χ0v) is 16.5. The zero-order valence-electron chi connectivity index (χ0n) is 16.5. The molecule has 2 amide bonds. The first-order valence-corrected chi connectivity index (χ1v) is 9.26. The number of cyclic esters (lactones) is 1. The highest BCUT2D eigenvalue weighted by atomic mass is 19.4. The van der Waals surface area contributed by atoms with Crippen molar-refractivity contribution in [2.45, 2.75) is 32.7 Å². The van der Waals surface area contributed by atoms with Crippen molar-refractivity contribution < 1.29 is 32.2 Å². The van der Waals surface area contributed by atoms with E-state index in [1.54, 1.807) is 37.3 Å². The average molecular weight is 422 g/mol. The maximum absolute atomic E-state index is 13.2. The third kappa shape index (κ3) is 5.03. The van der Waals surface area contributed by atoms with Crippen LogP contribution in [0.2, 0.25) is 0 Å². The number of alkyl halides is 3. The fraction of sp³-hybridized carbons (Fsp3) is 0.333. The van der Waals surface area contributed by atoms with Crippen LogP contribution >= 0.6 is 0 Å². The first kappa shape index (κ1) is 21.5. The van der Waals surface area contributed by atoms with Gasteiger partial charge < -0.3 is 14.8 Å². The smallest absolute Gasteiger partial charge is 0.416 e. The maximum Gasteiger partial charge on any atom is 0.416 e. The lowest BCUT2D eigenvalue weighted by Gasteiger charge is -2.17. The standard InChI is InChI=1S/C21H21F3N2O4/c1-13-4-3-5-19(21(22,23)24)18(13)12-29-16-8-6-15(7-9-16)26-11-17(30-20(26)28)10-25-14(2)27/h3-9,17H,10-12H2,1-2H3,(H,25,27). The van der Waals surface area contributed by atoms with Crippen molar-refractivity contribution in [3.8, 4) is 5.75 Å². The summed E-state index contributed by atoms with van der Waals surface area (Å²) in [5.74, 6) is 0.158. The van der Waals surface area contributed by atoms with Crippen LogP contribution in [0.25, 0.3) is 0 Å². The van der Waals surface area contributed by atoms with Crippen LogP contribution in [0.5, 0.6) is 5.75 Å². The molecule has 1 saturated heterocycles. The summed E-state index contributed by atoms with van der Waals surface area (Å²) >= 11 is 0. The van der Waals surface area contributed by atoms with Gasteiger partial charge in [-0.15, -0.1) is 0 Å². The molecule has 1 unspecified atom stereocenters. The maximum atomic E-state index is 13.2. The fourth-order valence-corrected chi connectivity index (χ4v) is 3.13. The fourth-order valence-electron chi connectivity index (χ4n) is 3.13. The highest BCUT2D eigenvalue weighted by molar-refractivity contribution is 5.89. The molecule has 0 aliphatic carbocycles. The minimum Gasteiger partial charge on any atom is -0.489 e. The Hall–Kier alpha value is -3.23. The number of aryl methyl sites for hydroxylation is 1. The van der Waals surface area contributed by atoms with Gasteiger partial charge in [0.05, 0.1) is 18.7 Å². The molecule has 0 bridgehead atoms. The molecule has 0 saturated carbocycles. The molecule has 2 aromatic rings. The predicted octanol–water partition coefficient (Wildman–Crippen LogP) is 4.05. The molecule has 1 heterocycles. The van der Waals surface area contributed by atoms with E-state index in [4.69, 9.17) is 9.47 Å². The van der Waals surface area contributed by atoms with Gasteiger partial charge in [-0.3, -0.25) is 9.69 Å². The van der Waals surface area contributed by atoms with E-state index in [1.165, 1.54) is 17.9 Å². The first-order chi connectivity index (χ1) is 14.1. The Kier molecular flexibility index (Phi) is 6.19. The Morgan fingerprint density at radius 1 is 1.23 bits per heavy atom. The van der Waals surface area contributed by atoms with Gasteiger partial charge in [0.1, 0.15) is 18.5 Å². The van der Waals surface area contributed by atoms with Gasteiger partial charge in [-0.2, -0.15) is 13.2 Å². The highest BCUT2D eigenvalue weighted by Crippen LogP contribution is 2.34. The molecule has 9 heteroatoms. The molecule has 0 radical (unpaired) electrons. The Morgan fingerprint density at radius 3 is 2.57 bits per heavy atom. The topological polar surface area (TPSA) is 67.9 Å². The van der Waals surface area contributed by atoms with Gasteiger partial charge in [0.15, 0.2) is 0 Å². The van der Waals surface area contributed by atoms with Crippen molar-refractivity contribution in [2.75, 3.05) is 18.0 Å². The van der Waals surface area contributed by atoms with Crippen molar-refractivity contribution in [2.24, 2.45) is 0 Å². The lowest BCUT2D eigenvalue weighted by Crippen LogP contribution is -2.33. The van der Waals surface area contributed by atoms with E-state index in [-0.39, 0.29) is 31.2 Å². The van der Waals surface area contributed by atoms with E-state index in [1.807, 2.05) is 0 Å². The molecule has 0 spiro atoms. The molecule has 1 aliphatic heterocycles. The number of hydrogen-bond acceptors (Lipinski definition) is 4. The van der Waals surface area contributed by atoms with Gasteiger partial charge in [0.2, 0.25) is 5.91 Å². The largest absolute Gasteiger partial charge is 0.489 e. The SMILES string of the molecule is CC(=O)NCC1CN(c2ccc(OCc3c(C)cccc3C(F)(F)F)cc2)C(=O)O1. The molecule has 6 nitrogen and oxygen atoms in total. The summed E-state index contributed by atoms with van der Waals surface area (Å²) in [6.07, 6.45) is -5.45. The average Bonchev–Trinajstić information content (AvgIpc) is 3.05. The van der Waals surface area contributed by atoms with Gasteiger partial charge in [-0.1, -0.05) is 12.1 Å². The second-order valence-corrected chi connectivity index (χ2v) is 6.93. The Morgan fingerprint density at radius 2 is 1.93 bits per heavy atom. The van der Waals surface area contributed by atoms with Crippen LogP contribution in [-0.2, 0) is 22.3 Å². The molecule has 1 fully saturated rings. The monoisotopic (exact) mass is 422 g/mol. The van der Waals surface area contributed by atoms with E-state index >= 15 is 0 Å². The number of nitrogens with one attached hydrogen (secondary N) is 1. The summed E-state index contributed by atoms with van der Waals surface area (Å²) in [5.41, 5.74) is 0.415. The van der Waals surface area contributed by atoms with Gasteiger partial charge in [-0.25, -0.2) is 4.79 Å². The first-order valence-electron chi connectivity index (χ1n) is 9.26. The van der Waals surface area contributed by atoms with Crippen LogP contribution in [-0.4, -0.2) is 31.2 Å². The molecule has 0 aromatic heterocycles. The van der Waals surface area contributed by atoms with Crippen LogP contribution in [0.4, 0.5) is 23.7 Å². The molecule has 1 N–H and O–H groups in total. The van der Waals surface area contributed by atoms with Crippen LogP contribution in [0.3, 0.4) is 0 Å². The summed E-state index contributed by atoms with van der Waals surface area (Å²) in [6.45, 7) is 3.24. The number of amides is 2. The molecule has 2 aromatic carbocycles. The Balaban J connectivity index is 1.65. The number of rotatable bonds is 6. The highest BCUT2D eigenvalue weighted by Gasteiger charge is 2.34. The number of anilines is 1. The van der Waals surface area contributed by atoms with E-state index in [9.17, 15) is 22.8 Å². The number of nitrogens with zero attached hydrogens (tertiary/aromatic N) is 1. The zero-order chi connectivity index (χ0) is 21.9. The van der Waals surface area contributed by atoms with Crippen LogP contribution < -0.4 is 15.0 Å².